The van der Waals surface area contributed by atoms with E-state index in [-0.39, 0.29) is 5.54 Å². The van der Waals surface area contributed by atoms with Crippen molar-refractivity contribution in [3.05, 3.63) is 0 Å². The number of hydrogen-bond acceptors (Lipinski definition) is 3. The monoisotopic (exact) mass is 199 g/mol. The normalized spacial score (nSPS) is 30.6. The van der Waals surface area contributed by atoms with Crippen LogP contribution in [0.4, 0.5) is 0 Å². The average molecular weight is 199 g/mol. The first-order valence-corrected chi connectivity index (χ1v) is 5.74. The summed E-state index contributed by atoms with van der Waals surface area (Å²) in [4.78, 5) is 4.85. The molecule has 2 N–H and O–H groups in total. The number of likely N-dealkylation sites (N-methyl/N-ethyl adjacent to an activating group) is 1. The van der Waals surface area contributed by atoms with Crippen molar-refractivity contribution in [2.75, 3.05) is 40.3 Å². The van der Waals surface area contributed by atoms with Crippen LogP contribution in [0.2, 0.25) is 0 Å². The fraction of sp³-hybridized carbons (Fsp3) is 1.00. The van der Waals surface area contributed by atoms with Gasteiger partial charge in [-0.05, 0) is 53.0 Å². The van der Waals surface area contributed by atoms with Crippen LogP contribution in [0.25, 0.3) is 0 Å². The van der Waals surface area contributed by atoms with Crippen molar-refractivity contribution < 1.29 is 0 Å². The molecule has 0 radical (unpaired) electrons. The lowest BCUT2D eigenvalue weighted by atomic mass is 9.89. The summed E-state index contributed by atoms with van der Waals surface area (Å²) in [6, 6.07) is 0. The van der Waals surface area contributed by atoms with Crippen LogP contribution < -0.4 is 5.73 Å². The zero-order chi connectivity index (χ0) is 10.6. The van der Waals surface area contributed by atoms with E-state index in [1.165, 1.54) is 32.4 Å². The number of hydrogen-bond donors (Lipinski definition) is 1. The lowest BCUT2D eigenvalue weighted by molar-refractivity contribution is 0.114. The van der Waals surface area contributed by atoms with Crippen LogP contribution in [0, 0.1) is 0 Å². The van der Waals surface area contributed by atoms with E-state index in [0.717, 1.165) is 13.1 Å². The number of nitrogens with zero attached hydrogens (tertiary/aromatic N) is 2. The van der Waals surface area contributed by atoms with Crippen LogP contribution in [0.15, 0.2) is 0 Å². The number of likely N-dealkylation sites (tertiary alicyclic amines) is 1. The summed E-state index contributed by atoms with van der Waals surface area (Å²) < 4.78 is 0. The summed E-state index contributed by atoms with van der Waals surface area (Å²) in [6.07, 6.45) is 3.74. The Bertz CT molecular complexity index is 172. The second-order valence-corrected chi connectivity index (χ2v) is 4.60. The van der Waals surface area contributed by atoms with Gasteiger partial charge >= 0.3 is 0 Å². The summed E-state index contributed by atoms with van der Waals surface area (Å²) >= 11 is 0. The topological polar surface area (TPSA) is 32.5 Å². The molecular formula is C11H25N3. The summed E-state index contributed by atoms with van der Waals surface area (Å²) in [5.74, 6) is 0. The van der Waals surface area contributed by atoms with Crippen molar-refractivity contribution in [3.63, 3.8) is 0 Å². The number of nitrogens with two attached hydrogens (primary N) is 1. The largest absolute Gasteiger partial charge is 0.329 e. The van der Waals surface area contributed by atoms with Gasteiger partial charge in [0, 0.05) is 12.1 Å². The van der Waals surface area contributed by atoms with Crippen molar-refractivity contribution in [1.29, 1.82) is 0 Å². The molecule has 1 heterocycles. The van der Waals surface area contributed by atoms with E-state index in [0.29, 0.717) is 0 Å². The third kappa shape index (κ3) is 2.47. The highest BCUT2D eigenvalue weighted by atomic mass is 15.2. The molecule has 1 aliphatic heterocycles. The second kappa shape index (κ2) is 5.10. The molecule has 84 valence electrons. The lowest BCUT2D eigenvalue weighted by Crippen LogP contribution is -2.52. The third-order valence-electron chi connectivity index (χ3n) is 3.80. The fourth-order valence-corrected chi connectivity index (χ4v) is 2.39. The number of rotatable bonds is 3. The maximum Gasteiger partial charge on any atom is 0.0341 e. The van der Waals surface area contributed by atoms with Gasteiger partial charge in [-0.3, -0.25) is 4.90 Å². The zero-order valence-corrected chi connectivity index (χ0v) is 9.92. The molecule has 1 unspecified atom stereocenters. The molecule has 1 saturated heterocycles. The molecule has 3 heteroatoms. The highest BCUT2D eigenvalue weighted by Crippen LogP contribution is 2.26. The predicted molar refractivity (Wildman–Crippen MR) is 61.4 cm³/mol. The van der Waals surface area contributed by atoms with Gasteiger partial charge in [0.15, 0.2) is 0 Å². The molecule has 0 spiro atoms. The first-order valence-electron chi connectivity index (χ1n) is 5.74. The van der Waals surface area contributed by atoms with Crippen LogP contribution >= 0.6 is 0 Å². The van der Waals surface area contributed by atoms with Crippen LogP contribution in [0.5, 0.6) is 0 Å². The van der Waals surface area contributed by atoms with Crippen LogP contribution in [0.3, 0.4) is 0 Å². The molecule has 1 rings (SSSR count). The van der Waals surface area contributed by atoms with E-state index < -0.39 is 0 Å². The molecule has 0 saturated carbocycles. The Kier molecular flexibility index (Phi) is 4.35. The van der Waals surface area contributed by atoms with Gasteiger partial charge in [0.25, 0.3) is 0 Å². The molecular weight excluding hydrogens is 174 g/mol. The van der Waals surface area contributed by atoms with Gasteiger partial charge in [-0.25, -0.2) is 0 Å². The Morgan fingerprint density at radius 1 is 1.36 bits per heavy atom. The van der Waals surface area contributed by atoms with Crippen LogP contribution in [-0.2, 0) is 0 Å². The van der Waals surface area contributed by atoms with Gasteiger partial charge in [0.05, 0.1) is 0 Å². The molecule has 1 atom stereocenters. The standard InChI is InChI=1S/C11H25N3/c1-4-14(3)11(10-12)6-5-8-13(2)9-7-11/h4-10,12H2,1-3H3. The predicted octanol–water partition coefficient (Wildman–Crippen LogP) is 0.751. The van der Waals surface area contributed by atoms with Crippen LogP contribution in [0.1, 0.15) is 26.2 Å². The maximum atomic E-state index is 5.97. The van der Waals surface area contributed by atoms with Gasteiger partial charge in [-0.1, -0.05) is 6.92 Å². The van der Waals surface area contributed by atoms with E-state index in [1.54, 1.807) is 0 Å². The van der Waals surface area contributed by atoms with E-state index in [2.05, 4.69) is 30.8 Å². The highest BCUT2D eigenvalue weighted by molar-refractivity contribution is 4.92. The van der Waals surface area contributed by atoms with E-state index in [4.69, 9.17) is 5.73 Å². The van der Waals surface area contributed by atoms with Gasteiger partial charge in [0.1, 0.15) is 0 Å². The first-order chi connectivity index (χ1) is 6.64. The maximum absolute atomic E-state index is 5.97. The van der Waals surface area contributed by atoms with Gasteiger partial charge in [0.2, 0.25) is 0 Å². The van der Waals surface area contributed by atoms with Gasteiger partial charge in [-0.15, -0.1) is 0 Å². The first kappa shape index (κ1) is 12.0. The molecule has 0 aromatic carbocycles. The minimum Gasteiger partial charge on any atom is -0.329 e. The fourth-order valence-electron chi connectivity index (χ4n) is 2.39. The molecule has 0 amide bonds. The molecule has 0 bridgehead atoms. The minimum absolute atomic E-state index is 0.263. The quantitative estimate of drug-likeness (QED) is 0.728. The molecule has 0 aromatic heterocycles. The molecule has 0 aromatic rings. The summed E-state index contributed by atoms with van der Waals surface area (Å²) in [7, 11) is 4.41. The van der Waals surface area contributed by atoms with Gasteiger partial charge in [-0.2, -0.15) is 0 Å². The Morgan fingerprint density at radius 3 is 2.64 bits per heavy atom. The molecule has 1 fully saturated rings. The van der Waals surface area contributed by atoms with Crippen molar-refractivity contribution in [2.45, 2.75) is 31.7 Å². The Balaban J connectivity index is 2.67. The Labute approximate surface area is 88.2 Å². The third-order valence-corrected chi connectivity index (χ3v) is 3.80. The van der Waals surface area contributed by atoms with Crippen molar-refractivity contribution in [1.82, 2.24) is 9.80 Å². The smallest absolute Gasteiger partial charge is 0.0341 e. The van der Waals surface area contributed by atoms with Crippen LogP contribution in [-0.4, -0.2) is 55.6 Å². The molecule has 3 nitrogen and oxygen atoms in total. The summed E-state index contributed by atoms with van der Waals surface area (Å²) in [6.45, 7) is 6.51. The van der Waals surface area contributed by atoms with E-state index in [1.807, 2.05) is 0 Å². The lowest BCUT2D eigenvalue weighted by Gasteiger charge is -2.40. The van der Waals surface area contributed by atoms with E-state index in [9.17, 15) is 0 Å². The van der Waals surface area contributed by atoms with Crippen molar-refractivity contribution in [2.24, 2.45) is 5.73 Å². The Morgan fingerprint density at radius 2 is 2.07 bits per heavy atom. The molecule has 14 heavy (non-hydrogen) atoms. The molecule has 1 aliphatic rings. The second-order valence-electron chi connectivity index (χ2n) is 4.60. The van der Waals surface area contributed by atoms with Crippen molar-refractivity contribution >= 4 is 0 Å². The van der Waals surface area contributed by atoms with E-state index >= 15 is 0 Å². The van der Waals surface area contributed by atoms with Crippen molar-refractivity contribution in [3.8, 4) is 0 Å². The minimum atomic E-state index is 0.263. The SMILES string of the molecule is CCN(C)C1(CN)CCCN(C)CC1. The Hall–Kier alpha value is -0.120. The highest BCUT2D eigenvalue weighted by Gasteiger charge is 2.33. The van der Waals surface area contributed by atoms with Gasteiger partial charge < -0.3 is 10.6 Å². The average Bonchev–Trinajstić information content (AvgIpc) is 2.40. The zero-order valence-electron chi connectivity index (χ0n) is 9.92. The molecule has 0 aliphatic carbocycles. The summed E-state index contributed by atoms with van der Waals surface area (Å²) in [5.41, 5.74) is 6.23. The summed E-state index contributed by atoms with van der Waals surface area (Å²) in [5, 5.41) is 0.